The summed E-state index contributed by atoms with van der Waals surface area (Å²) in [5.74, 6) is 1.72. The first kappa shape index (κ1) is 25.8. The second-order valence-corrected chi connectivity index (χ2v) is 6.68. The SMILES string of the molecule is COc1ccc(-c2cnoc2-c2cc(OC)c(OC)c(OC)c2)cc1NC(=O)C(N)CO.Cl. The molecular formula is C22H26ClN3O7. The fraction of sp³-hybridized carbons (Fsp3) is 0.273. The highest BCUT2D eigenvalue weighted by molar-refractivity contribution is 5.97. The fourth-order valence-corrected chi connectivity index (χ4v) is 3.15. The van der Waals surface area contributed by atoms with Crippen LogP contribution in [0.25, 0.3) is 22.5 Å². The van der Waals surface area contributed by atoms with Crippen LogP contribution in [0.2, 0.25) is 0 Å². The maximum atomic E-state index is 12.2. The van der Waals surface area contributed by atoms with Crippen LogP contribution in [-0.2, 0) is 4.79 Å². The average molecular weight is 480 g/mol. The summed E-state index contributed by atoms with van der Waals surface area (Å²) in [7, 11) is 6.06. The highest BCUT2D eigenvalue weighted by atomic mass is 35.5. The fourth-order valence-electron chi connectivity index (χ4n) is 3.15. The highest BCUT2D eigenvalue weighted by Gasteiger charge is 2.21. The Kier molecular flexibility index (Phi) is 8.92. The predicted molar refractivity (Wildman–Crippen MR) is 125 cm³/mol. The van der Waals surface area contributed by atoms with Crippen LogP contribution in [0.5, 0.6) is 23.0 Å². The van der Waals surface area contributed by atoms with Gasteiger partial charge in [-0.05, 0) is 29.8 Å². The summed E-state index contributed by atoms with van der Waals surface area (Å²) in [6, 6.07) is 7.63. The molecule has 0 bridgehead atoms. The molecule has 0 fully saturated rings. The van der Waals surface area contributed by atoms with Crippen molar-refractivity contribution < 1.29 is 33.4 Å². The Morgan fingerprint density at radius 1 is 1.03 bits per heavy atom. The van der Waals surface area contributed by atoms with E-state index in [1.807, 2.05) is 0 Å². The molecule has 1 heterocycles. The van der Waals surface area contributed by atoms with E-state index in [0.29, 0.717) is 51.1 Å². The molecule has 3 rings (SSSR count). The van der Waals surface area contributed by atoms with Crippen molar-refractivity contribution in [2.24, 2.45) is 5.73 Å². The van der Waals surface area contributed by atoms with Crippen LogP contribution in [0.15, 0.2) is 41.1 Å². The summed E-state index contributed by atoms with van der Waals surface area (Å²) in [4.78, 5) is 12.2. The van der Waals surface area contributed by atoms with Gasteiger partial charge in [0.05, 0.1) is 46.9 Å². The molecule has 1 atom stereocenters. The number of nitrogens with one attached hydrogen (secondary N) is 1. The monoisotopic (exact) mass is 479 g/mol. The molecule has 0 spiro atoms. The van der Waals surface area contributed by atoms with Crippen LogP contribution in [0.3, 0.4) is 0 Å². The number of amides is 1. The largest absolute Gasteiger partial charge is 0.495 e. The number of nitrogens with two attached hydrogens (primary N) is 1. The van der Waals surface area contributed by atoms with Crippen LogP contribution in [-0.4, -0.2) is 57.3 Å². The second-order valence-electron chi connectivity index (χ2n) is 6.68. The van der Waals surface area contributed by atoms with Crippen molar-refractivity contribution in [1.82, 2.24) is 5.16 Å². The molecule has 33 heavy (non-hydrogen) atoms. The van der Waals surface area contributed by atoms with Crippen LogP contribution in [0, 0.1) is 0 Å². The standard InChI is InChI=1S/C22H25N3O7.ClH/c1-28-17-6-5-12(7-16(17)25-22(27)15(23)11-26)14-10-24-32-20(14)13-8-18(29-2)21(31-4)19(9-13)30-3;/h5-10,15,26H,11,23H2,1-4H3,(H,25,27);1H. The number of carbonyl (C=O) groups is 1. The van der Waals surface area contributed by atoms with Crippen molar-refractivity contribution in [2.75, 3.05) is 40.4 Å². The molecule has 10 nitrogen and oxygen atoms in total. The van der Waals surface area contributed by atoms with Crippen molar-refractivity contribution >= 4 is 24.0 Å². The van der Waals surface area contributed by atoms with E-state index in [-0.39, 0.29) is 12.4 Å². The smallest absolute Gasteiger partial charge is 0.243 e. The minimum absolute atomic E-state index is 0. The lowest BCUT2D eigenvalue weighted by molar-refractivity contribution is -0.118. The lowest BCUT2D eigenvalue weighted by Gasteiger charge is -2.15. The number of benzene rings is 2. The second kappa shape index (κ2) is 11.4. The van der Waals surface area contributed by atoms with E-state index in [2.05, 4.69) is 10.5 Å². The molecule has 0 aliphatic heterocycles. The number of hydrogen-bond acceptors (Lipinski definition) is 9. The Bertz CT molecular complexity index is 1080. The summed E-state index contributed by atoms with van der Waals surface area (Å²) in [5.41, 5.74) is 7.99. The van der Waals surface area contributed by atoms with Gasteiger partial charge in [0.25, 0.3) is 0 Å². The molecule has 3 aromatic rings. The van der Waals surface area contributed by atoms with E-state index in [4.69, 9.17) is 34.3 Å². The molecule has 11 heteroatoms. The number of aliphatic hydroxyl groups excluding tert-OH is 1. The lowest BCUT2D eigenvalue weighted by Crippen LogP contribution is -2.38. The van der Waals surface area contributed by atoms with Gasteiger partial charge in [-0.1, -0.05) is 11.2 Å². The number of nitrogens with zero attached hydrogens (tertiary/aromatic N) is 1. The van der Waals surface area contributed by atoms with Gasteiger partial charge in [-0.2, -0.15) is 0 Å². The highest BCUT2D eigenvalue weighted by Crippen LogP contribution is 2.44. The number of ether oxygens (including phenoxy) is 4. The van der Waals surface area contributed by atoms with Crippen molar-refractivity contribution in [3.63, 3.8) is 0 Å². The first-order valence-electron chi connectivity index (χ1n) is 9.58. The maximum absolute atomic E-state index is 12.2. The number of hydrogen-bond donors (Lipinski definition) is 3. The minimum Gasteiger partial charge on any atom is -0.495 e. The number of aliphatic hydroxyl groups is 1. The topological polar surface area (TPSA) is 138 Å². The van der Waals surface area contributed by atoms with Gasteiger partial charge >= 0.3 is 0 Å². The number of anilines is 1. The molecule has 1 aromatic heterocycles. The van der Waals surface area contributed by atoms with Crippen molar-refractivity contribution in [3.8, 4) is 45.4 Å². The number of halogens is 1. The van der Waals surface area contributed by atoms with Crippen LogP contribution >= 0.6 is 12.4 Å². The predicted octanol–water partition coefficient (Wildman–Crippen LogP) is 2.72. The van der Waals surface area contributed by atoms with Crippen LogP contribution in [0.1, 0.15) is 0 Å². The molecule has 2 aromatic carbocycles. The first-order valence-corrected chi connectivity index (χ1v) is 9.58. The molecule has 0 radical (unpaired) electrons. The van der Waals surface area contributed by atoms with E-state index in [1.165, 1.54) is 28.4 Å². The first-order chi connectivity index (χ1) is 15.5. The van der Waals surface area contributed by atoms with Gasteiger partial charge in [-0.25, -0.2) is 0 Å². The van der Waals surface area contributed by atoms with E-state index in [1.54, 1.807) is 36.5 Å². The van der Waals surface area contributed by atoms with E-state index in [9.17, 15) is 4.79 Å². The number of carbonyl (C=O) groups excluding carboxylic acids is 1. The van der Waals surface area contributed by atoms with E-state index in [0.717, 1.165) is 0 Å². The van der Waals surface area contributed by atoms with Crippen LogP contribution in [0.4, 0.5) is 5.69 Å². The zero-order chi connectivity index (χ0) is 23.3. The van der Waals surface area contributed by atoms with E-state index < -0.39 is 18.6 Å². The lowest BCUT2D eigenvalue weighted by atomic mass is 10.0. The Balaban J connectivity index is 0.00000385. The minimum atomic E-state index is -1.06. The Morgan fingerprint density at radius 3 is 2.21 bits per heavy atom. The van der Waals surface area contributed by atoms with Gasteiger partial charge in [0.1, 0.15) is 11.8 Å². The molecule has 0 aliphatic rings. The molecular weight excluding hydrogens is 454 g/mol. The molecule has 0 saturated carbocycles. The van der Waals surface area contributed by atoms with Gasteiger partial charge < -0.3 is 39.6 Å². The molecule has 1 amide bonds. The van der Waals surface area contributed by atoms with Gasteiger partial charge in [0.15, 0.2) is 17.3 Å². The zero-order valence-electron chi connectivity index (χ0n) is 18.6. The van der Waals surface area contributed by atoms with Crippen molar-refractivity contribution in [2.45, 2.75) is 6.04 Å². The Morgan fingerprint density at radius 2 is 1.67 bits per heavy atom. The molecule has 0 aliphatic carbocycles. The van der Waals surface area contributed by atoms with Gasteiger partial charge in [0, 0.05) is 11.1 Å². The van der Waals surface area contributed by atoms with Crippen LogP contribution < -0.4 is 30.0 Å². The maximum Gasteiger partial charge on any atom is 0.243 e. The summed E-state index contributed by atoms with van der Waals surface area (Å²) in [6.07, 6.45) is 1.56. The third-order valence-electron chi connectivity index (χ3n) is 4.80. The molecule has 0 saturated heterocycles. The van der Waals surface area contributed by atoms with Crippen molar-refractivity contribution in [1.29, 1.82) is 0 Å². The molecule has 178 valence electrons. The summed E-state index contributed by atoms with van der Waals surface area (Å²) < 4.78 is 27.1. The van der Waals surface area contributed by atoms with E-state index >= 15 is 0 Å². The van der Waals surface area contributed by atoms with Gasteiger partial charge in [0.2, 0.25) is 11.7 Å². The number of methoxy groups -OCH3 is 4. The Hall–Kier alpha value is -3.47. The van der Waals surface area contributed by atoms with Crippen molar-refractivity contribution in [3.05, 3.63) is 36.5 Å². The van der Waals surface area contributed by atoms with Gasteiger partial charge in [-0.3, -0.25) is 4.79 Å². The summed E-state index contributed by atoms with van der Waals surface area (Å²) in [5, 5.41) is 15.7. The Labute approximate surface area is 197 Å². The average Bonchev–Trinajstić information content (AvgIpc) is 3.32. The number of rotatable bonds is 9. The quantitative estimate of drug-likeness (QED) is 0.422. The summed E-state index contributed by atoms with van der Waals surface area (Å²) >= 11 is 0. The zero-order valence-corrected chi connectivity index (χ0v) is 19.4. The molecule has 4 N–H and O–H groups in total. The third-order valence-corrected chi connectivity index (χ3v) is 4.80. The summed E-state index contributed by atoms with van der Waals surface area (Å²) in [6.45, 7) is -0.481. The third kappa shape index (κ3) is 5.30. The van der Waals surface area contributed by atoms with Gasteiger partial charge in [-0.15, -0.1) is 12.4 Å². The number of aromatic nitrogens is 1. The molecule has 1 unspecified atom stereocenters. The normalized spacial score (nSPS) is 11.2.